The fourth-order valence-corrected chi connectivity index (χ4v) is 5.81. The molecule has 0 unspecified atom stereocenters. The summed E-state index contributed by atoms with van der Waals surface area (Å²) in [4.78, 5) is 23.4. The molecule has 1 atom stereocenters. The number of methoxy groups -OCH3 is 1. The van der Waals surface area contributed by atoms with E-state index in [1.54, 1.807) is 6.33 Å². The van der Waals surface area contributed by atoms with Crippen molar-refractivity contribution in [2.75, 3.05) is 26.7 Å². The summed E-state index contributed by atoms with van der Waals surface area (Å²) in [5.74, 6) is 1.21. The minimum absolute atomic E-state index is 0.133. The first kappa shape index (κ1) is 26.1. The average Bonchev–Trinajstić information content (AvgIpc) is 3.34. The first-order chi connectivity index (χ1) is 18.6. The summed E-state index contributed by atoms with van der Waals surface area (Å²) < 4.78 is 11.3. The van der Waals surface area contributed by atoms with E-state index in [0.717, 1.165) is 78.8 Å². The Morgan fingerprint density at radius 1 is 1.13 bits per heavy atom. The zero-order chi connectivity index (χ0) is 26.5. The van der Waals surface area contributed by atoms with Crippen molar-refractivity contribution in [3.8, 4) is 22.5 Å². The SMILES string of the molecule is CCc1ccc(-c2c(-c3ccccc3)oc3ncnc(C[C@@H]4CCCN(CCCC(=O)OC)C4)c23)cc1C. The summed E-state index contributed by atoms with van der Waals surface area (Å²) in [6, 6.07) is 17.0. The van der Waals surface area contributed by atoms with E-state index in [-0.39, 0.29) is 5.97 Å². The highest BCUT2D eigenvalue weighted by atomic mass is 16.5. The van der Waals surface area contributed by atoms with Crippen LogP contribution in [-0.2, 0) is 22.4 Å². The van der Waals surface area contributed by atoms with Crippen molar-refractivity contribution < 1.29 is 13.9 Å². The van der Waals surface area contributed by atoms with Crippen LogP contribution in [0.15, 0.2) is 59.3 Å². The molecule has 1 aliphatic heterocycles. The van der Waals surface area contributed by atoms with Crippen LogP contribution in [0.4, 0.5) is 0 Å². The molecule has 1 aliphatic rings. The molecule has 0 aliphatic carbocycles. The van der Waals surface area contributed by atoms with E-state index < -0.39 is 0 Å². The summed E-state index contributed by atoms with van der Waals surface area (Å²) in [5.41, 5.74) is 7.60. The number of rotatable bonds is 9. The van der Waals surface area contributed by atoms with E-state index >= 15 is 0 Å². The number of nitrogens with zero attached hydrogens (tertiary/aromatic N) is 3. The van der Waals surface area contributed by atoms with Gasteiger partial charge in [0.2, 0.25) is 5.71 Å². The molecule has 0 saturated carbocycles. The minimum atomic E-state index is -0.133. The van der Waals surface area contributed by atoms with Crippen molar-refractivity contribution in [1.82, 2.24) is 14.9 Å². The summed E-state index contributed by atoms with van der Waals surface area (Å²) in [6.07, 6.45) is 7.15. The van der Waals surface area contributed by atoms with E-state index in [1.807, 2.05) is 18.2 Å². The third kappa shape index (κ3) is 5.65. The van der Waals surface area contributed by atoms with Crippen LogP contribution in [0.2, 0.25) is 0 Å². The molecule has 6 heteroatoms. The molecule has 0 amide bonds. The van der Waals surface area contributed by atoms with Gasteiger partial charge in [-0.1, -0.05) is 55.5 Å². The molecule has 0 bridgehead atoms. The maximum atomic E-state index is 11.5. The van der Waals surface area contributed by atoms with Gasteiger partial charge in [-0.2, -0.15) is 0 Å². The van der Waals surface area contributed by atoms with Gasteiger partial charge in [0.15, 0.2) is 0 Å². The molecule has 4 aromatic rings. The Morgan fingerprint density at radius 3 is 2.74 bits per heavy atom. The number of furan rings is 1. The van der Waals surface area contributed by atoms with E-state index in [1.165, 1.54) is 24.7 Å². The molecule has 5 rings (SSSR count). The number of benzene rings is 2. The molecule has 38 heavy (non-hydrogen) atoms. The largest absolute Gasteiger partial charge is 0.469 e. The van der Waals surface area contributed by atoms with Gasteiger partial charge in [-0.25, -0.2) is 9.97 Å². The van der Waals surface area contributed by atoms with Crippen LogP contribution in [0.3, 0.4) is 0 Å². The van der Waals surface area contributed by atoms with Crippen LogP contribution in [-0.4, -0.2) is 47.6 Å². The molecule has 6 nitrogen and oxygen atoms in total. The number of carbonyl (C=O) groups excluding carboxylic acids is 1. The number of hydrogen-bond donors (Lipinski definition) is 0. The van der Waals surface area contributed by atoms with Crippen LogP contribution < -0.4 is 0 Å². The molecular formula is C32H37N3O3. The second-order valence-corrected chi connectivity index (χ2v) is 10.4. The van der Waals surface area contributed by atoms with Gasteiger partial charge in [0.1, 0.15) is 12.1 Å². The summed E-state index contributed by atoms with van der Waals surface area (Å²) in [6.45, 7) is 7.38. The van der Waals surface area contributed by atoms with Crippen molar-refractivity contribution in [3.05, 3.63) is 71.7 Å². The smallest absolute Gasteiger partial charge is 0.305 e. The Labute approximate surface area is 225 Å². The Hall–Kier alpha value is -3.51. The van der Waals surface area contributed by atoms with E-state index in [9.17, 15) is 4.79 Å². The molecule has 2 aromatic carbocycles. The number of aromatic nitrogens is 2. The Balaban J connectivity index is 1.49. The van der Waals surface area contributed by atoms with Gasteiger partial charge in [-0.3, -0.25) is 4.79 Å². The highest BCUT2D eigenvalue weighted by Gasteiger charge is 2.26. The number of aryl methyl sites for hydroxylation is 2. The van der Waals surface area contributed by atoms with Gasteiger partial charge in [0.05, 0.1) is 18.2 Å². The molecule has 0 radical (unpaired) electrons. The minimum Gasteiger partial charge on any atom is -0.469 e. The Morgan fingerprint density at radius 2 is 1.97 bits per heavy atom. The van der Waals surface area contributed by atoms with E-state index in [4.69, 9.17) is 14.1 Å². The summed E-state index contributed by atoms with van der Waals surface area (Å²) >= 11 is 0. The summed E-state index contributed by atoms with van der Waals surface area (Å²) in [5, 5.41) is 1.03. The van der Waals surface area contributed by atoms with E-state index in [0.29, 0.717) is 18.1 Å². The van der Waals surface area contributed by atoms with Crippen LogP contribution in [0, 0.1) is 12.8 Å². The predicted octanol–water partition coefficient (Wildman–Crippen LogP) is 6.64. The fraction of sp³-hybridized carbons (Fsp3) is 0.406. The topological polar surface area (TPSA) is 68.5 Å². The molecule has 2 aromatic heterocycles. The van der Waals surface area contributed by atoms with Crippen molar-refractivity contribution in [2.24, 2.45) is 5.92 Å². The first-order valence-corrected chi connectivity index (χ1v) is 13.8. The van der Waals surface area contributed by atoms with Gasteiger partial charge in [0, 0.05) is 24.1 Å². The molecule has 0 spiro atoms. The van der Waals surface area contributed by atoms with Gasteiger partial charge in [0.25, 0.3) is 0 Å². The number of likely N-dealkylation sites (tertiary alicyclic amines) is 1. The van der Waals surface area contributed by atoms with Crippen LogP contribution in [0.1, 0.15) is 49.4 Å². The summed E-state index contributed by atoms with van der Waals surface area (Å²) in [7, 11) is 1.45. The van der Waals surface area contributed by atoms with Gasteiger partial charge in [-0.15, -0.1) is 0 Å². The Bertz CT molecular complexity index is 1400. The van der Waals surface area contributed by atoms with Gasteiger partial charge >= 0.3 is 5.97 Å². The molecule has 1 saturated heterocycles. The van der Waals surface area contributed by atoms with Crippen molar-refractivity contribution >= 4 is 17.1 Å². The lowest BCUT2D eigenvalue weighted by atomic mass is 9.90. The van der Waals surface area contributed by atoms with Gasteiger partial charge in [-0.05, 0) is 74.7 Å². The average molecular weight is 512 g/mol. The third-order valence-corrected chi connectivity index (χ3v) is 7.78. The maximum Gasteiger partial charge on any atom is 0.305 e. The van der Waals surface area contributed by atoms with Crippen LogP contribution in [0.25, 0.3) is 33.6 Å². The normalized spacial score (nSPS) is 16.1. The monoisotopic (exact) mass is 511 g/mol. The quantitative estimate of drug-likeness (QED) is 0.235. The number of ether oxygens (including phenoxy) is 1. The highest BCUT2D eigenvalue weighted by molar-refractivity contribution is 6.01. The van der Waals surface area contributed by atoms with Crippen molar-refractivity contribution in [1.29, 1.82) is 0 Å². The molecule has 3 heterocycles. The van der Waals surface area contributed by atoms with Gasteiger partial charge < -0.3 is 14.1 Å². The lowest BCUT2D eigenvalue weighted by Gasteiger charge is -2.32. The van der Waals surface area contributed by atoms with Crippen molar-refractivity contribution in [2.45, 2.75) is 52.4 Å². The maximum absolute atomic E-state index is 11.5. The molecule has 1 fully saturated rings. The zero-order valence-corrected chi connectivity index (χ0v) is 22.7. The highest BCUT2D eigenvalue weighted by Crippen LogP contribution is 2.42. The number of carbonyl (C=O) groups is 1. The van der Waals surface area contributed by atoms with Crippen LogP contribution in [0.5, 0.6) is 0 Å². The third-order valence-electron chi connectivity index (χ3n) is 7.78. The number of hydrogen-bond acceptors (Lipinski definition) is 6. The second kappa shape index (κ2) is 11.9. The van der Waals surface area contributed by atoms with Crippen molar-refractivity contribution in [3.63, 3.8) is 0 Å². The second-order valence-electron chi connectivity index (χ2n) is 10.4. The lowest BCUT2D eigenvalue weighted by Crippen LogP contribution is -2.37. The first-order valence-electron chi connectivity index (χ1n) is 13.8. The molecule has 198 valence electrons. The number of esters is 1. The zero-order valence-electron chi connectivity index (χ0n) is 22.7. The standard InChI is InChI=1S/C32H37N3O3/c1-4-24-14-15-26(18-22(24)2)29-30-27(19-23-10-8-16-35(20-23)17-9-13-28(36)37-3)33-21-34-32(30)38-31(29)25-11-6-5-7-12-25/h5-7,11-12,14-15,18,21,23H,4,8-10,13,16-17,19-20H2,1-3H3/t23-/m0/s1. The van der Waals surface area contributed by atoms with E-state index in [2.05, 4.69) is 54.1 Å². The number of piperidine rings is 1. The van der Waals surface area contributed by atoms with Crippen LogP contribution >= 0.6 is 0 Å². The lowest BCUT2D eigenvalue weighted by molar-refractivity contribution is -0.140. The Kier molecular flexibility index (Phi) is 8.18. The fourth-order valence-electron chi connectivity index (χ4n) is 5.81. The number of fused-ring (bicyclic) bond motifs is 1. The predicted molar refractivity (Wildman–Crippen MR) is 151 cm³/mol. The molecular weight excluding hydrogens is 474 g/mol. The molecule has 0 N–H and O–H groups in total.